The molecule has 1 heterocycles. The molecule has 4 aromatic rings. The van der Waals surface area contributed by atoms with E-state index in [4.69, 9.17) is 0 Å². The van der Waals surface area contributed by atoms with Gasteiger partial charge in [-0.1, -0.05) is 60.3 Å². The summed E-state index contributed by atoms with van der Waals surface area (Å²) in [6, 6.07) is 23.6. The Bertz CT molecular complexity index is 1260. The van der Waals surface area contributed by atoms with Crippen LogP contribution in [-0.4, -0.2) is 31.3 Å². The second-order valence-corrected chi connectivity index (χ2v) is 7.86. The van der Waals surface area contributed by atoms with Gasteiger partial charge in [0, 0.05) is 36.0 Å². The number of aromatic nitrogens is 3. The second kappa shape index (κ2) is 9.44. The van der Waals surface area contributed by atoms with E-state index in [9.17, 15) is 14.9 Å². The molecule has 32 heavy (non-hydrogen) atoms. The normalized spacial score (nSPS) is 10.7. The highest BCUT2D eigenvalue weighted by Gasteiger charge is 2.15. The highest BCUT2D eigenvalue weighted by atomic mass is 32.2. The lowest BCUT2D eigenvalue weighted by Crippen LogP contribution is -2.15. The minimum Gasteiger partial charge on any atom is -0.325 e. The Morgan fingerprint density at radius 3 is 2.38 bits per heavy atom. The van der Waals surface area contributed by atoms with E-state index in [1.165, 1.54) is 23.9 Å². The van der Waals surface area contributed by atoms with Crippen molar-refractivity contribution in [3.63, 3.8) is 0 Å². The zero-order valence-corrected chi connectivity index (χ0v) is 18.0. The topological polar surface area (TPSA) is 103 Å². The van der Waals surface area contributed by atoms with Gasteiger partial charge >= 0.3 is 0 Å². The van der Waals surface area contributed by atoms with Crippen LogP contribution >= 0.6 is 11.8 Å². The number of thioether (sulfide) groups is 1. The van der Waals surface area contributed by atoms with Crippen molar-refractivity contribution in [2.45, 2.75) is 5.16 Å². The van der Waals surface area contributed by atoms with Crippen molar-refractivity contribution in [1.29, 1.82) is 0 Å². The fourth-order valence-electron chi connectivity index (χ4n) is 3.20. The summed E-state index contributed by atoms with van der Waals surface area (Å²) in [5.74, 6) is 0.575. The van der Waals surface area contributed by atoms with E-state index >= 15 is 0 Å². The number of hydrogen-bond donors (Lipinski definition) is 1. The number of nitro benzene ring substituents is 1. The van der Waals surface area contributed by atoms with Crippen LogP contribution in [0.2, 0.25) is 0 Å². The molecule has 1 aromatic heterocycles. The maximum Gasteiger partial charge on any atom is 0.269 e. The summed E-state index contributed by atoms with van der Waals surface area (Å²) >= 11 is 1.27. The number of benzene rings is 3. The Hall–Kier alpha value is -3.98. The number of carbonyl (C=O) groups excluding carboxylic acids is 1. The minimum atomic E-state index is -0.448. The molecule has 0 saturated carbocycles. The number of anilines is 1. The number of hydrogen-bond acceptors (Lipinski definition) is 6. The van der Waals surface area contributed by atoms with E-state index in [2.05, 4.69) is 15.5 Å². The Kier molecular flexibility index (Phi) is 6.27. The molecule has 0 aliphatic carbocycles. The molecule has 0 bridgehead atoms. The van der Waals surface area contributed by atoms with Crippen LogP contribution in [0.1, 0.15) is 0 Å². The zero-order valence-electron chi connectivity index (χ0n) is 17.1. The third kappa shape index (κ3) is 4.68. The van der Waals surface area contributed by atoms with Crippen LogP contribution < -0.4 is 5.32 Å². The summed E-state index contributed by atoms with van der Waals surface area (Å²) in [5, 5.41) is 22.7. The predicted octanol–water partition coefficient (Wildman–Crippen LogP) is 4.79. The number of amides is 1. The molecule has 0 radical (unpaired) electrons. The minimum absolute atomic E-state index is 0.0120. The Morgan fingerprint density at radius 1 is 0.969 bits per heavy atom. The van der Waals surface area contributed by atoms with Gasteiger partial charge in [0.2, 0.25) is 5.91 Å². The standard InChI is InChI=1S/C23H19N5O3S/c1-27-22(17-11-13-18(14-12-17)28(30)31)25-26-23(27)32-15-21(29)24-20-10-6-5-9-19(20)16-7-3-2-4-8-16/h2-14H,15H2,1H3,(H,24,29). The lowest BCUT2D eigenvalue weighted by molar-refractivity contribution is -0.384. The van der Waals surface area contributed by atoms with Gasteiger partial charge in [0.1, 0.15) is 0 Å². The molecule has 0 aliphatic rings. The first kappa shape index (κ1) is 21.3. The number of non-ortho nitro benzene ring substituents is 1. The van der Waals surface area contributed by atoms with E-state index in [1.54, 1.807) is 23.7 Å². The van der Waals surface area contributed by atoms with Gasteiger partial charge in [-0.05, 0) is 23.8 Å². The molecular formula is C23H19N5O3S. The maximum atomic E-state index is 12.6. The molecule has 9 heteroatoms. The van der Waals surface area contributed by atoms with Crippen molar-refractivity contribution in [3.05, 3.63) is 89.0 Å². The average molecular weight is 446 g/mol. The van der Waals surface area contributed by atoms with Crippen molar-refractivity contribution < 1.29 is 9.72 Å². The van der Waals surface area contributed by atoms with Crippen LogP contribution in [0.25, 0.3) is 22.5 Å². The molecule has 3 aromatic carbocycles. The van der Waals surface area contributed by atoms with Crippen molar-refractivity contribution in [1.82, 2.24) is 14.8 Å². The zero-order chi connectivity index (χ0) is 22.5. The van der Waals surface area contributed by atoms with E-state index in [-0.39, 0.29) is 17.3 Å². The highest BCUT2D eigenvalue weighted by Crippen LogP contribution is 2.28. The maximum absolute atomic E-state index is 12.6. The molecular weight excluding hydrogens is 426 g/mol. The van der Waals surface area contributed by atoms with Gasteiger partial charge in [0.15, 0.2) is 11.0 Å². The van der Waals surface area contributed by atoms with Gasteiger partial charge in [-0.2, -0.15) is 0 Å². The predicted molar refractivity (Wildman–Crippen MR) is 124 cm³/mol. The molecule has 1 N–H and O–H groups in total. The van der Waals surface area contributed by atoms with E-state index in [1.807, 2.05) is 54.6 Å². The van der Waals surface area contributed by atoms with E-state index in [0.29, 0.717) is 16.5 Å². The molecule has 0 unspecified atom stereocenters. The SMILES string of the molecule is Cn1c(SCC(=O)Nc2ccccc2-c2ccccc2)nnc1-c1ccc([N+](=O)[O-])cc1. The molecule has 1 amide bonds. The third-order valence-electron chi connectivity index (χ3n) is 4.79. The van der Waals surface area contributed by atoms with Crippen LogP contribution in [0.3, 0.4) is 0 Å². The van der Waals surface area contributed by atoms with Crippen LogP contribution in [0.5, 0.6) is 0 Å². The quantitative estimate of drug-likeness (QED) is 0.249. The number of carbonyl (C=O) groups is 1. The van der Waals surface area contributed by atoms with Gasteiger partial charge in [0.25, 0.3) is 5.69 Å². The highest BCUT2D eigenvalue weighted by molar-refractivity contribution is 7.99. The summed E-state index contributed by atoms with van der Waals surface area (Å²) in [6.07, 6.45) is 0. The lowest BCUT2D eigenvalue weighted by atomic mass is 10.0. The number of rotatable bonds is 7. The largest absolute Gasteiger partial charge is 0.325 e. The van der Waals surface area contributed by atoms with Gasteiger partial charge in [0.05, 0.1) is 10.7 Å². The molecule has 160 valence electrons. The molecule has 0 fully saturated rings. The van der Waals surface area contributed by atoms with Crippen molar-refractivity contribution >= 4 is 29.0 Å². The molecule has 0 saturated heterocycles. The second-order valence-electron chi connectivity index (χ2n) is 6.92. The first-order valence-corrected chi connectivity index (χ1v) is 10.7. The average Bonchev–Trinajstić information content (AvgIpc) is 3.19. The van der Waals surface area contributed by atoms with Crippen molar-refractivity contribution in [3.8, 4) is 22.5 Å². The Morgan fingerprint density at radius 2 is 1.66 bits per heavy atom. The third-order valence-corrected chi connectivity index (χ3v) is 5.81. The van der Waals surface area contributed by atoms with E-state index in [0.717, 1.165) is 16.8 Å². The van der Waals surface area contributed by atoms with Crippen LogP contribution in [0, 0.1) is 10.1 Å². The first-order chi connectivity index (χ1) is 15.5. The smallest absolute Gasteiger partial charge is 0.269 e. The van der Waals surface area contributed by atoms with Crippen molar-refractivity contribution in [2.24, 2.45) is 7.05 Å². The van der Waals surface area contributed by atoms with Crippen LogP contribution in [0.4, 0.5) is 11.4 Å². The summed E-state index contributed by atoms with van der Waals surface area (Å²) in [6.45, 7) is 0. The fourth-order valence-corrected chi connectivity index (χ4v) is 3.91. The number of para-hydroxylation sites is 1. The van der Waals surface area contributed by atoms with Gasteiger partial charge in [-0.15, -0.1) is 10.2 Å². The lowest BCUT2D eigenvalue weighted by Gasteiger charge is -2.11. The summed E-state index contributed by atoms with van der Waals surface area (Å²) in [4.78, 5) is 23.0. The van der Waals surface area contributed by atoms with Gasteiger partial charge in [-0.3, -0.25) is 14.9 Å². The molecule has 4 rings (SSSR count). The molecule has 0 aliphatic heterocycles. The molecule has 0 atom stereocenters. The van der Waals surface area contributed by atoms with Crippen molar-refractivity contribution in [2.75, 3.05) is 11.1 Å². The van der Waals surface area contributed by atoms with Gasteiger partial charge < -0.3 is 9.88 Å². The Labute approximate surface area is 188 Å². The monoisotopic (exact) mass is 445 g/mol. The van der Waals surface area contributed by atoms with Gasteiger partial charge in [-0.25, -0.2) is 0 Å². The fraction of sp³-hybridized carbons (Fsp3) is 0.0870. The molecule has 8 nitrogen and oxygen atoms in total. The number of nitrogens with zero attached hydrogens (tertiary/aromatic N) is 4. The first-order valence-electron chi connectivity index (χ1n) is 9.74. The summed E-state index contributed by atoms with van der Waals surface area (Å²) in [5.41, 5.74) is 3.44. The summed E-state index contributed by atoms with van der Waals surface area (Å²) in [7, 11) is 1.79. The van der Waals surface area contributed by atoms with Crippen LogP contribution in [0.15, 0.2) is 84.0 Å². The number of nitro groups is 1. The Balaban J connectivity index is 1.43. The van der Waals surface area contributed by atoms with Crippen LogP contribution in [-0.2, 0) is 11.8 Å². The molecule has 0 spiro atoms. The van der Waals surface area contributed by atoms with E-state index < -0.39 is 4.92 Å². The number of nitrogens with one attached hydrogen (secondary N) is 1. The summed E-state index contributed by atoms with van der Waals surface area (Å²) < 4.78 is 1.76.